The normalized spacial score (nSPS) is 14.9. The van der Waals surface area contributed by atoms with Gasteiger partial charge in [-0.1, -0.05) is 15.9 Å². The van der Waals surface area contributed by atoms with Gasteiger partial charge < -0.3 is 15.0 Å². The van der Waals surface area contributed by atoms with Crippen LogP contribution in [0, 0.1) is 0 Å². The van der Waals surface area contributed by atoms with Gasteiger partial charge >= 0.3 is 0 Å². The zero-order valence-electron chi connectivity index (χ0n) is 11.5. The lowest BCUT2D eigenvalue weighted by Gasteiger charge is -2.26. The maximum atomic E-state index is 12.0. The molecule has 0 unspecified atom stereocenters. The summed E-state index contributed by atoms with van der Waals surface area (Å²) in [5, 5.41) is 2.75. The van der Waals surface area contributed by atoms with Crippen molar-refractivity contribution in [3.8, 4) is 0 Å². The fourth-order valence-electron chi connectivity index (χ4n) is 2.05. The van der Waals surface area contributed by atoms with Gasteiger partial charge in [0.05, 0.1) is 18.8 Å². The third kappa shape index (κ3) is 4.72. The maximum Gasteiger partial charge on any atom is 0.252 e. The van der Waals surface area contributed by atoms with E-state index in [0.717, 1.165) is 4.47 Å². The van der Waals surface area contributed by atoms with Gasteiger partial charge in [0.1, 0.15) is 0 Å². The molecular weight excluding hydrogens is 356 g/mol. The van der Waals surface area contributed by atoms with Gasteiger partial charge in [-0.25, -0.2) is 0 Å². The van der Waals surface area contributed by atoms with Crippen molar-refractivity contribution < 1.29 is 14.3 Å². The molecule has 2 rings (SSSR count). The molecule has 0 spiro atoms. The number of thiol groups is 1. The second-order valence-electron chi connectivity index (χ2n) is 4.66. The molecule has 0 bridgehead atoms. The van der Waals surface area contributed by atoms with Crippen molar-refractivity contribution in [2.75, 3.05) is 32.8 Å². The first-order valence-electron chi connectivity index (χ1n) is 6.70. The number of morpholine rings is 1. The highest BCUT2D eigenvalue weighted by Crippen LogP contribution is 2.19. The summed E-state index contributed by atoms with van der Waals surface area (Å²) in [6.07, 6.45) is 0.296. The number of nitrogens with zero attached hydrogens (tertiary/aromatic N) is 1. The van der Waals surface area contributed by atoms with Crippen molar-refractivity contribution in [1.29, 1.82) is 0 Å². The summed E-state index contributed by atoms with van der Waals surface area (Å²) >= 11 is 7.59. The Labute approximate surface area is 137 Å². The van der Waals surface area contributed by atoms with Gasteiger partial charge in [0, 0.05) is 35.4 Å². The van der Waals surface area contributed by atoms with E-state index in [1.807, 2.05) is 0 Å². The van der Waals surface area contributed by atoms with E-state index >= 15 is 0 Å². The van der Waals surface area contributed by atoms with Crippen LogP contribution in [0.4, 0.5) is 0 Å². The van der Waals surface area contributed by atoms with Crippen LogP contribution in [0.1, 0.15) is 16.8 Å². The molecule has 5 nitrogen and oxygen atoms in total. The number of ether oxygens (including phenoxy) is 1. The highest BCUT2D eigenvalue weighted by Gasteiger charge is 2.17. The minimum atomic E-state index is -0.220. The van der Waals surface area contributed by atoms with E-state index in [1.165, 1.54) is 0 Å². The Morgan fingerprint density at radius 1 is 1.33 bits per heavy atom. The van der Waals surface area contributed by atoms with E-state index < -0.39 is 0 Å². The van der Waals surface area contributed by atoms with Crippen LogP contribution in [0.25, 0.3) is 0 Å². The van der Waals surface area contributed by atoms with Gasteiger partial charge in [-0.15, -0.1) is 12.6 Å². The molecule has 1 aliphatic rings. The maximum absolute atomic E-state index is 12.0. The monoisotopic (exact) mass is 372 g/mol. The number of nitrogens with one attached hydrogen (secondary N) is 1. The molecule has 2 amide bonds. The fourth-order valence-corrected chi connectivity index (χ4v) is 2.90. The molecule has 1 N–H and O–H groups in total. The van der Waals surface area contributed by atoms with Crippen molar-refractivity contribution in [3.63, 3.8) is 0 Å². The van der Waals surface area contributed by atoms with Gasteiger partial charge in [0.2, 0.25) is 5.91 Å². The molecular formula is C14H17BrN2O3S. The Kier molecular flexibility index (Phi) is 6.08. The Bertz CT molecular complexity index is 533. The number of halogens is 1. The third-order valence-electron chi connectivity index (χ3n) is 3.19. The van der Waals surface area contributed by atoms with Crippen LogP contribution in [0.15, 0.2) is 27.6 Å². The van der Waals surface area contributed by atoms with Gasteiger partial charge in [0.25, 0.3) is 5.91 Å². The Balaban J connectivity index is 1.79. The third-order valence-corrected chi connectivity index (χ3v) is 4.06. The standard InChI is InChI=1S/C14H17BrN2O3S/c15-10-1-2-11(12(21)9-10)14(19)16-4-3-13(18)17-5-7-20-8-6-17/h1-2,9,21H,3-8H2,(H,16,19). The van der Waals surface area contributed by atoms with E-state index in [-0.39, 0.29) is 11.8 Å². The van der Waals surface area contributed by atoms with Crippen molar-refractivity contribution in [1.82, 2.24) is 10.2 Å². The van der Waals surface area contributed by atoms with E-state index in [2.05, 4.69) is 33.9 Å². The average Bonchev–Trinajstić information content (AvgIpc) is 2.47. The van der Waals surface area contributed by atoms with Crippen molar-refractivity contribution >= 4 is 40.4 Å². The van der Waals surface area contributed by atoms with Gasteiger partial charge in [-0.2, -0.15) is 0 Å². The number of carbonyl (C=O) groups is 2. The molecule has 1 fully saturated rings. The number of benzene rings is 1. The van der Waals surface area contributed by atoms with Crippen LogP contribution in [0.2, 0.25) is 0 Å². The molecule has 0 atom stereocenters. The zero-order valence-corrected chi connectivity index (χ0v) is 14.0. The molecule has 0 aromatic heterocycles. The zero-order chi connectivity index (χ0) is 15.2. The highest BCUT2D eigenvalue weighted by atomic mass is 79.9. The van der Waals surface area contributed by atoms with Gasteiger partial charge in [0.15, 0.2) is 0 Å². The molecule has 1 saturated heterocycles. The number of hydrogen-bond acceptors (Lipinski definition) is 4. The molecule has 114 valence electrons. The van der Waals surface area contributed by atoms with Gasteiger partial charge in [-0.05, 0) is 18.2 Å². The molecule has 21 heavy (non-hydrogen) atoms. The number of amides is 2. The summed E-state index contributed by atoms with van der Waals surface area (Å²) in [6, 6.07) is 5.25. The Morgan fingerprint density at radius 2 is 2.05 bits per heavy atom. The molecule has 1 aromatic rings. The van der Waals surface area contributed by atoms with Crippen LogP contribution in [-0.4, -0.2) is 49.6 Å². The molecule has 1 aliphatic heterocycles. The lowest BCUT2D eigenvalue weighted by molar-refractivity contribution is -0.135. The lowest BCUT2D eigenvalue weighted by Crippen LogP contribution is -2.42. The van der Waals surface area contributed by atoms with Crippen LogP contribution >= 0.6 is 28.6 Å². The topological polar surface area (TPSA) is 58.6 Å². The Hall–Kier alpha value is -1.05. The molecule has 0 saturated carbocycles. The van der Waals surface area contributed by atoms with Crippen LogP contribution in [0.3, 0.4) is 0 Å². The van der Waals surface area contributed by atoms with E-state index in [4.69, 9.17) is 4.74 Å². The van der Waals surface area contributed by atoms with Crippen LogP contribution < -0.4 is 5.32 Å². The fraction of sp³-hybridized carbons (Fsp3) is 0.429. The van der Waals surface area contributed by atoms with E-state index in [0.29, 0.717) is 49.7 Å². The minimum absolute atomic E-state index is 0.0421. The average molecular weight is 373 g/mol. The highest BCUT2D eigenvalue weighted by molar-refractivity contribution is 9.10. The van der Waals surface area contributed by atoms with E-state index in [9.17, 15) is 9.59 Å². The summed E-state index contributed by atoms with van der Waals surface area (Å²) in [5.74, 6) is -0.178. The van der Waals surface area contributed by atoms with Crippen molar-refractivity contribution in [2.45, 2.75) is 11.3 Å². The Morgan fingerprint density at radius 3 is 2.71 bits per heavy atom. The first-order valence-corrected chi connectivity index (χ1v) is 7.94. The SMILES string of the molecule is O=C(NCCC(=O)N1CCOCC1)c1ccc(Br)cc1S. The summed E-state index contributed by atoms with van der Waals surface area (Å²) in [4.78, 5) is 26.3. The van der Waals surface area contributed by atoms with Gasteiger partial charge in [-0.3, -0.25) is 9.59 Å². The predicted molar refractivity (Wildman–Crippen MR) is 85.7 cm³/mol. The summed E-state index contributed by atoms with van der Waals surface area (Å²) < 4.78 is 6.06. The smallest absolute Gasteiger partial charge is 0.252 e. The summed E-state index contributed by atoms with van der Waals surface area (Å²) in [7, 11) is 0. The number of hydrogen-bond donors (Lipinski definition) is 2. The van der Waals surface area contributed by atoms with E-state index in [1.54, 1.807) is 23.1 Å². The second-order valence-corrected chi connectivity index (χ2v) is 6.06. The first kappa shape index (κ1) is 16.3. The molecule has 1 heterocycles. The minimum Gasteiger partial charge on any atom is -0.378 e. The first-order chi connectivity index (χ1) is 10.1. The summed E-state index contributed by atoms with van der Waals surface area (Å²) in [5.41, 5.74) is 0.500. The number of carbonyl (C=O) groups excluding carboxylic acids is 2. The summed E-state index contributed by atoms with van der Waals surface area (Å²) in [6.45, 7) is 2.73. The quantitative estimate of drug-likeness (QED) is 0.791. The molecule has 0 radical (unpaired) electrons. The van der Waals surface area contributed by atoms with Crippen LogP contribution in [0.5, 0.6) is 0 Å². The van der Waals surface area contributed by atoms with Crippen LogP contribution in [-0.2, 0) is 9.53 Å². The lowest BCUT2D eigenvalue weighted by atomic mass is 10.2. The predicted octanol–water partition coefficient (Wildman–Crippen LogP) is 1.72. The molecule has 1 aromatic carbocycles. The number of rotatable bonds is 4. The van der Waals surface area contributed by atoms with Crippen molar-refractivity contribution in [2.24, 2.45) is 0 Å². The largest absolute Gasteiger partial charge is 0.378 e. The molecule has 0 aliphatic carbocycles. The molecule has 7 heteroatoms. The second kappa shape index (κ2) is 7.82. The van der Waals surface area contributed by atoms with Crippen molar-refractivity contribution in [3.05, 3.63) is 28.2 Å².